The van der Waals surface area contributed by atoms with E-state index in [1.165, 1.54) is 0 Å². The molecule has 2 rings (SSSR count). The lowest BCUT2D eigenvalue weighted by atomic mass is 10.1. The van der Waals surface area contributed by atoms with Gasteiger partial charge in [0.1, 0.15) is 23.0 Å². The number of rotatable bonds is 7. The van der Waals surface area contributed by atoms with Gasteiger partial charge in [-0.25, -0.2) is 0 Å². The highest BCUT2D eigenvalue weighted by Gasteiger charge is 2.24. The zero-order valence-corrected chi connectivity index (χ0v) is 15.5. The third kappa shape index (κ3) is 4.12. The molecule has 0 aliphatic rings. The molecule has 6 heteroatoms. The van der Waals surface area contributed by atoms with Gasteiger partial charge in [-0.1, -0.05) is 0 Å². The molecule has 6 nitrogen and oxygen atoms in total. The third-order valence-electron chi connectivity index (χ3n) is 4.23. The average molecular weight is 342 g/mol. The second-order valence-corrected chi connectivity index (χ2v) is 6.60. The first-order chi connectivity index (χ1) is 11.9. The Hall–Kier alpha value is -2.52. The molecule has 0 radical (unpaired) electrons. The Morgan fingerprint density at radius 3 is 2.40 bits per heavy atom. The van der Waals surface area contributed by atoms with Crippen LogP contribution in [0.1, 0.15) is 49.4 Å². The summed E-state index contributed by atoms with van der Waals surface area (Å²) in [5.41, 5.74) is 0.572. The van der Waals surface area contributed by atoms with Gasteiger partial charge in [0.05, 0.1) is 0 Å². The summed E-state index contributed by atoms with van der Waals surface area (Å²) in [5, 5.41) is 12.4. The Balaban J connectivity index is 2.14. The van der Waals surface area contributed by atoms with E-state index in [-0.39, 0.29) is 11.5 Å². The molecule has 0 saturated heterocycles. The molecule has 0 aromatic carbocycles. The Morgan fingerprint density at radius 1 is 1.28 bits per heavy atom. The maximum Gasteiger partial charge on any atom is 0.256 e. The summed E-state index contributed by atoms with van der Waals surface area (Å²) in [6.07, 6.45) is 3.56. The number of aryl methyl sites for hydroxylation is 1. The van der Waals surface area contributed by atoms with E-state index in [1.807, 2.05) is 12.1 Å². The van der Waals surface area contributed by atoms with E-state index in [1.54, 1.807) is 23.9 Å². The Morgan fingerprint density at radius 2 is 1.88 bits per heavy atom. The topological polar surface area (TPSA) is 74.2 Å². The van der Waals surface area contributed by atoms with E-state index < -0.39 is 0 Å². The fraction of sp³-hybridized carbons (Fsp3) is 0.474. The molecular formula is C19H26N4O2. The first-order valence-corrected chi connectivity index (χ1v) is 8.57. The summed E-state index contributed by atoms with van der Waals surface area (Å²) >= 11 is 0. The lowest BCUT2D eigenvalue weighted by Gasteiger charge is -2.30. The average Bonchev–Trinajstić information content (AvgIpc) is 3.17. The Kier molecular flexibility index (Phi) is 6.05. The van der Waals surface area contributed by atoms with Gasteiger partial charge in [0.25, 0.3) is 5.91 Å². The van der Waals surface area contributed by atoms with E-state index >= 15 is 0 Å². The summed E-state index contributed by atoms with van der Waals surface area (Å²) in [6, 6.07) is 6.59. The number of aromatic nitrogens is 1. The molecule has 0 aliphatic carbocycles. The molecule has 2 aromatic heterocycles. The molecule has 0 atom stereocenters. The predicted octanol–water partition coefficient (Wildman–Crippen LogP) is 3.10. The minimum absolute atomic E-state index is 0.260. The smallest absolute Gasteiger partial charge is 0.256 e. The van der Waals surface area contributed by atoms with Crippen LogP contribution in [0.5, 0.6) is 0 Å². The van der Waals surface area contributed by atoms with Crippen LogP contribution < -0.4 is 5.32 Å². The van der Waals surface area contributed by atoms with Crippen LogP contribution in [0.15, 0.2) is 28.9 Å². The molecule has 0 bridgehead atoms. The minimum atomic E-state index is -0.274. The lowest BCUT2D eigenvalue weighted by molar-refractivity contribution is 0.0937. The first-order valence-electron chi connectivity index (χ1n) is 8.57. The van der Waals surface area contributed by atoms with Gasteiger partial charge in [-0.3, -0.25) is 14.3 Å². The number of amides is 1. The first kappa shape index (κ1) is 18.8. The van der Waals surface area contributed by atoms with E-state index in [0.29, 0.717) is 35.8 Å². The van der Waals surface area contributed by atoms with Crippen LogP contribution in [0.2, 0.25) is 0 Å². The molecule has 2 heterocycles. The number of hydrogen-bond acceptors (Lipinski definition) is 4. The van der Waals surface area contributed by atoms with Crippen molar-refractivity contribution < 1.29 is 9.21 Å². The van der Waals surface area contributed by atoms with Gasteiger partial charge in [0.2, 0.25) is 5.88 Å². The Bertz CT molecular complexity index is 743. The molecule has 1 amide bonds. The van der Waals surface area contributed by atoms with Gasteiger partial charge in [-0.05, 0) is 46.8 Å². The van der Waals surface area contributed by atoms with Gasteiger partial charge >= 0.3 is 0 Å². The number of nitriles is 1. The minimum Gasteiger partial charge on any atom is -0.443 e. The number of carbonyl (C=O) groups is 1. The Labute approximate surface area is 149 Å². The summed E-state index contributed by atoms with van der Waals surface area (Å²) in [6.45, 7) is 11.5. The number of nitrogens with one attached hydrogen (secondary N) is 1. The molecule has 134 valence electrons. The molecule has 0 spiro atoms. The van der Waals surface area contributed by atoms with Crippen molar-refractivity contribution in [3.63, 3.8) is 0 Å². The van der Waals surface area contributed by atoms with E-state index in [2.05, 4.69) is 44.0 Å². The van der Waals surface area contributed by atoms with Gasteiger partial charge in [0.15, 0.2) is 0 Å². The van der Waals surface area contributed by atoms with Crippen LogP contribution in [-0.2, 0) is 0 Å². The predicted molar refractivity (Wildman–Crippen MR) is 96.8 cm³/mol. The van der Waals surface area contributed by atoms with Gasteiger partial charge in [0, 0.05) is 37.6 Å². The second-order valence-electron chi connectivity index (χ2n) is 6.60. The maximum atomic E-state index is 12.6. The van der Waals surface area contributed by atoms with Crippen molar-refractivity contribution in [2.45, 2.75) is 46.7 Å². The van der Waals surface area contributed by atoms with Crippen molar-refractivity contribution in [3.8, 4) is 12.0 Å². The van der Waals surface area contributed by atoms with Gasteiger partial charge in [-0.2, -0.15) is 5.26 Å². The molecule has 0 aliphatic heterocycles. The van der Waals surface area contributed by atoms with Crippen molar-refractivity contribution in [3.05, 3.63) is 41.4 Å². The molecule has 25 heavy (non-hydrogen) atoms. The highest BCUT2D eigenvalue weighted by atomic mass is 16.4. The lowest BCUT2D eigenvalue weighted by Crippen LogP contribution is -2.42. The highest BCUT2D eigenvalue weighted by molar-refractivity contribution is 5.98. The zero-order valence-electron chi connectivity index (χ0n) is 15.5. The summed E-state index contributed by atoms with van der Waals surface area (Å²) in [4.78, 5) is 14.9. The molecule has 0 fully saturated rings. The summed E-state index contributed by atoms with van der Waals surface area (Å²) < 4.78 is 7.37. The van der Waals surface area contributed by atoms with Crippen LogP contribution in [0, 0.1) is 18.3 Å². The zero-order chi connectivity index (χ0) is 18.6. The summed E-state index contributed by atoms with van der Waals surface area (Å²) in [5.74, 6) is 0.548. The molecular weight excluding hydrogens is 316 g/mol. The quantitative estimate of drug-likeness (QED) is 0.839. The van der Waals surface area contributed by atoms with Crippen LogP contribution >= 0.6 is 0 Å². The van der Waals surface area contributed by atoms with Gasteiger partial charge in [-0.15, -0.1) is 0 Å². The standard InChI is InChI=1S/C19H26N4O2/c1-13(2)23(14(3)4)11-8-21-18(24)17-15(5)25-19(16(17)12-20)22-9-6-7-10-22/h6-7,9-10,13-14H,8,11H2,1-5H3,(H,21,24). The van der Waals surface area contributed by atoms with Crippen LogP contribution in [0.3, 0.4) is 0 Å². The fourth-order valence-corrected chi connectivity index (χ4v) is 3.06. The number of nitrogens with zero attached hydrogens (tertiary/aromatic N) is 3. The van der Waals surface area contributed by atoms with Crippen LogP contribution in [0.4, 0.5) is 0 Å². The third-order valence-corrected chi connectivity index (χ3v) is 4.23. The normalized spacial score (nSPS) is 11.3. The van der Waals surface area contributed by atoms with Gasteiger partial charge < -0.3 is 9.73 Å². The number of carbonyl (C=O) groups excluding carboxylic acids is 1. The van der Waals surface area contributed by atoms with Crippen molar-refractivity contribution in [2.24, 2.45) is 0 Å². The van der Waals surface area contributed by atoms with E-state index in [4.69, 9.17) is 4.42 Å². The van der Waals surface area contributed by atoms with Crippen molar-refractivity contribution in [1.82, 2.24) is 14.8 Å². The van der Waals surface area contributed by atoms with E-state index in [0.717, 1.165) is 6.54 Å². The van der Waals surface area contributed by atoms with Crippen LogP contribution in [0.25, 0.3) is 5.88 Å². The number of furan rings is 1. The number of hydrogen-bond donors (Lipinski definition) is 1. The monoisotopic (exact) mass is 342 g/mol. The van der Waals surface area contributed by atoms with Crippen molar-refractivity contribution in [1.29, 1.82) is 5.26 Å². The highest BCUT2D eigenvalue weighted by Crippen LogP contribution is 2.25. The van der Waals surface area contributed by atoms with Crippen LogP contribution in [-0.4, -0.2) is 40.5 Å². The molecule has 0 unspecified atom stereocenters. The molecule has 0 saturated carbocycles. The SMILES string of the molecule is Cc1oc(-n2cccc2)c(C#N)c1C(=O)NCCN(C(C)C)C(C)C. The van der Waals surface area contributed by atoms with E-state index in [9.17, 15) is 10.1 Å². The molecule has 1 N–H and O–H groups in total. The van der Waals surface area contributed by atoms with Crippen molar-refractivity contribution in [2.75, 3.05) is 13.1 Å². The molecule has 2 aromatic rings. The maximum absolute atomic E-state index is 12.6. The summed E-state index contributed by atoms with van der Waals surface area (Å²) in [7, 11) is 0. The largest absolute Gasteiger partial charge is 0.443 e. The fourth-order valence-electron chi connectivity index (χ4n) is 3.06. The second kappa shape index (κ2) is 8.04. The van der Waals surface area contributed by atoms with Crippen molar-refractivity contribution >= 4 is 5.91 Å².